The first-order valence-electron chi connectivity index (χ1n) is 13.0. The molecule has 1 aliphatic heterocycles. The third-order valence-electron chi connectivity index (χ3n) is 8.17. The number of aliphatic hydroxyl groups excluding tert-OH is 1. The van der Waals surface area contributed by atoms with E-state index in [0.717, 1.165) is 11.1 Å². The molecule has 39 heavy (non-hydrogen) atoms. The number of nitrogens with one attached hydrogen (secondary N) is 1. The van der Waals surface area contributed by atoms with E-state index in [1.165, 1.54) is 13.3 Å². The number of methoxy groups -OCH3 is 1. The lowest BCUT2D eigenvalue weighted by Crippen LogP contribution is -2.52. The van der Waals surface area contributed by atoms with Gasteiger partial charge in [0.1, 0.15) is 11.5 Å². The van der Waals surface area contributed by atoms with E-state index in [2.05, 4.69) is 16.4 Å². The number of ether oxygens (including phenoxy) is 2. The zero-order valence-corrected chi connectivity index (χ0v) is 21.5. The van der Waals surface area contributed by atoms with Crippen LogP contribution in [0.25, 0.3) is 0 Å². The fourth-order valence-corrected chi connectivity index (χ4v) is 6.53. The van der Waals surface area contributed by atoms with Crippen molar-refractivity contribution in [3.05, 3.63) is 125 Å². The predicted octanol–water partition coefficient (Wildman–Crippen LogP) is 4.00. The summed E-state index contributed by atoms with van der Waals surface area (Å²) in [5.41, 5.74) is 0.275. The van der Waals surface area contributed by atoms with Gasteiger partial charge in [0.15, 0.2) is 11.2 Å². The van der Waals surface area contributed by atoms with Gasteiger partial charge in [0, 0.05) is 24.9 Å². The molecule has 0 radical (unpaired) electrons. The van der Waals surface area contributed by atoms with Gasteiger partial charge < -0.3 is 25.0 Å². The van der Waals surface area contributed by atoms with Crippen molar-refractivity contribution in [1.29, 1.82) is 5.26 Å². The van der Waals surface area contributed by atoms with Crippen LogP contribution in [0.4, 0.5) is 0 Å². The van der Waals surface area contributed by atoms with Crippen molar-refractivity contribution in [3.8, 4) is 17.6 Å². The van der Waals surface area contributed by atoms with Gasteiger partial charge >= 0.3 is 0 Å². The Hall–Kier alpha value is -4.22. The summed E-state index contributed by atoms with van der Waals surface area (Å²) in [5, 5.41) is 37.9. The van der Waals surface area contributed by atoms with Gasteiger partial charge in [-0.3, -0.25) is 4.98 Å². The van der Waals surface area contributed by atoms with Crippen LogP contribution in [0.15, 0.2) is 97.3 Å². The average Bonchev–Trinajstić information content (AvgIpc) is 3.36. The molecule has 6 rings (SSSR count). The first-order valence-corrected chi connectivity index (χ1v) is 13.0. The molecule has 7 heteroatoms. The second kappa shape index (κ2) is 9.83. The largest absolute Gasteiger partial charge is 0.495 e. The Bertz CT molecular complexity index is 1510. The number of nitrogens with zero attached hydrogens (tertiary/aromatic N) is 2. The van der Waals surface area contributed by atoms with Crippen LogP contribution in [-0.2, 0) is 17.7 Å². The molecule has 1 fully saturated rings. The van der Waals surface area contributed by atoms with Crippen molar-refractivity contribution in [2.75, 3.05) is 13.7 Å². The fourth-order valence-electron chi connectivity index (χ4n) is 6.53. The Morgan fingerprint density at radius 2 is 1.69 bits per heavy atom. The predicted molar refractivity (Wildman–Crippen MR) is 145 cm³/mol. The molecular weight excluding hydrogens is 490 g/mol. The number of hydrogen-bond acceptors (Lipinski definition) is 7. The summed E-state index contributed by atoms with van der Waals surface area (Å²) in [6, 6.07) is 29.1. The average molecular weight is 520 g/mol. The van der Waals surface area contributed by atoms with E-state index in [4.69, 9.17) is 9.47 Å². The lowest BCUT2D eigenvalue weighted by Gasteiger charge is -2.41. The van der Waals surface area contributed by atoms with Gasteiger partial charge in [0.05, 0.1) is 42.8 Å². The normalized spacial score (nSPS) is 26.8. The Balaban J connectivity index is 1.54. The SMILES string of the molecule is COc1cncc2c1[C@]1(O)[C@H](O)C(CNCc3ccccc3)C(c3ccccc3)[C@]1(c1ccc(C#N)cc1)O2. The number of fused-ring (bicyclic) bond motifs is 3. The van der Waals surface area contributed by atoms with Crippen molar-refractivity contribution < 1.29 is 19.7 Å². The van der Waals surface area contributed by atoms with Crippen LogP contribution in [0.5, 0.6) is 11.5 Å². The molecule has 2 unspecified atom stereocenters. The van der Waals surface area contributed by atoms with E-state index in [-0.39, 0.29) is 0 Å². The van der Waals surface area contributed by atoms with Gasteiger partial charge in [-0.25, -0.2) is 0 Å². The number of nitriles is 1. The molecule has 1 saturated carbocycles. The number of rotatable bonds is 7. The number of pyridine rings is 1. The highest BCUT2D eigenvalue weighted by Crippen LogP contribution is 2.69. The third-order valence-corrected chi connectivity index (χ3v) is 8.17. The van der Waals surface area contributed by atoms with E-state index < -0.39 is 29.1 Å². The van der Waals surface area contributed by atoms with Crippen molar-refractivity contribution in [1.82, 2.24) is 10.3 Å². The molecule has 0 bridgehead atoms. The van der Waals surface area contributed by atoms with Gasteiger partial charge in [-0.05, 0) is 28.8 Å². The zero-order chi connectivity index (χ0) is 27.0. The molecule has 3 N–H and O–H groups in total. The second-order valence-electron chi connectivity index (χ2n) is 10.1. The number of aliphatic hydroxyl groups is 2. The van der Waals surface area contributed by atoms with Gasteiger partial charge in [-0.1, -0.05) is 72.8 Å². The minimum absolute atomic E-state index is 0.342. The molecule has 3 aromatic carbocycles. The fraction of sp³-hybridized carbons (Fsp3) is 0.250. The van der Waals surface area contributed by atoms with Crippen molar-refractivity contribution >= 4 is 0 Å². The second-order valence-corrected chi connectivity index (χ2v) is 10.1. The van der Waals surface area contributed by atoms with Crippen LogP contribution in [0.2, 0.25) is 0 Å². The van der Waals surface area contributed by atoms with E-state index in [1.807, 2.05) is 60.7 Å². The molecular formula is C32H29N3O4. The maximum absolute atomic E-state index is 12.8. The Morgan fingerprint density at radius 3 is 2.36 bits per heavy atom. The van der Waals surface area contributed by atoms with Gasteiger partial charge in [-0.15, -0.1) is 0 Å². The van der Waals surface area contributed by atoms with Crippen LogP contribution in [0, 0.1) is 17.2 Å². The van der Waals surface area contributed by atoms with Crippen molar-refractivity contribution in [2.24, 2.45) is 5.92 Å². The first kappa shape index (κ1) is 25.1. The number of aromatic nitrogens is 1. The van der Waals surface area contributed by atoms with E-state index in [9.17, 15) is 15.5 Å². The molecule has 1 aromatic heterocycles. The van der Waals surface area contributed by atoms with Crippen LogP contribution in [-0.4, -0.2) is 35.0 Å². The smallest absolute Gasteiger partial charge is 0.177 e. The van der Waals surface area contributed by atoms with Gasteiger partial charge in [0.25, 0.3) is 0 Å². The minimum atomic E-state index is -1.87. The Kier molecular flexibility index (Phi) is 6.32. The molecule has 4 aromatic rings. The molecule has 1 aliphatic carbocycles. The molecule has 196 valence electrons. The highest BCUT2D eigenvalue weighted by Gasteiger charge is 2.76. The Morgan fingerprint density at radius 1 is 1.00 bits per heavy atom. The molecule has 5 atom stereocenters. The highest BCUT2D eigenvalue weighted by molar-refractivity contribution is 5.59. The van der Waals surface area contributed by atoms with Crippen LogP contribution >= 0.6 is 0 Å². The Labute approximate surface area is 227 Å². The summed E-state index contributed by atoms with van der Waals surface area (Å²) in [4.78, 5) is 4.26. The van der Waals surface area contributed by atoms with Crippen LogP contribution < -0.4 is 14.8 Å². The van der Waals surface area contributed by atoms with Gasteiger partial charge in [-0.2, -0.15) is 5.26 Å². The van der Waals surface area contributed by atoms with Crippen LogP contribution in [0.1, 0.15) is 33.7 Å². The standard InChI is InChI=1S/C32H29N3O4/c1-38-26-19-35-20-27-29(26)31(37)30(36)25(18-34-17-22-8-4-2-5-9-22)28(23-10-6-3-7-11-23)32(31,39-27)24-14-12-21(16-33)13-15-24/h2-15,19-20,25,28,30,34,36-37H,17-18H2,1H3/t25?,28?,30-,31+,32+/m1/s1. The van der Waals surface area contributed by atoms with Crippen LogP contribution in [0.3, 0.4) is 0 Å². The van der Waals surface area contributed by atoms with Crippen molar-refractivity contribution in [2.45, 2.75) is 29.8 Å². The molecule has 7 nitrogen and oxygen atoms in total. The summed E-state index contributed by atoms with van der Waals surface area (Å²) < 4.78 is 12.4. The highest BCUT2D eigenvalue weighted by atomic mass is 16.5. The maximum Gasteiger partial charge on any atom is 0.177 e. The monoisotopic (exact) mass is 519 g/mol. The minimum Gasteiger partial charge on any atom is -0.495 e. The molecule has 2 heterocycles. The summed E-state index contributed by atoms with van der Waals surface area (Å²) >= 11 is 0. The van der Waals surface area contributed by atoms with E-state index in [1.54, 1.807) is 30.5 Å². The summed E-state index contributed by atoms with van der Waals surface area (Å²) in [6.07, 6.45) is 1.86. The molecule has 0 spiro atoms. The van der Waals surface area contributed by atoms with Gasteiger partial charge in [0.2, 0.25) is 0 Å². The number of hydrogen-bond donors (Lipinski definition) is 3. The topological polar surface area (TPSA) is 108 Å². The van der Waals surface area contributed by atoms with E-state index >= 15 is 0 Å². The third kappa shape index (κ3) is 3.72. The summed E-state index contributed by atoms with van der Waals surface area (Å²) in [5.74, 6) is -0.207. The molecule has 0 amide bonds. The van der Waals surface area contributed by atoms with Crippen molar-refractivity contribution in [3.63, 3.8) is 0 Å². The maximum atomic E-state index is 12.8. The first-order chi connectivity index (χ1) is 19.0. The molecule has 2 aliphatic rings. The van der Waals surface area contributed by atoms with E-state index in [0.29, 0.717) is 41.3 Å². The summed E-state index contributed by atoms with van der Waals surface area (Å²) in [6.45, 7) is 1.03. The lowest BCUT2D eigenvalue weighted by atomic mass is 9.70. The molecule has 0 saturated heterocycles. The number of benzene rings is 3. The zero-order valence-electron chi connectivity index (χ0n) is 21.5. The summed E-state index contributed by atoms with van der Waals surface area (Å²) in [7, 11) is 1.51. The quantitative estimate of drug-likeness (QED) is 0.339. The lowest BCUT2D eigenvalue weighted by molar-refractivity contribution is -0.152.